The van der Waals surface area contributed by atoms with Crippen LogP contribution >= 0.6 is 24.0 Å². The molecule has 0 aromatic heterocycles. The number of rotatable bonds is 4. The van der Waals surface area contributed by atoms with Gasteiger partial charge in [-0.1, -0.05) is 18.2 Å². The Morgan fingerprint density at radius 3 is 2.62 bits per heavy atom. The molecule has 0 radical (unpaired) electrons. The van der Waals surface area contributed by atoms with E-state index in [2.05, 4.69) is 15.2 Å². The number of guanidine groups is 1. The molecule has 2 saturated heterocycles. The predicted octanol–water partition coefficient (Wildman–Crippen LogP) is 2.90. The van der Waals surface area contributed by atoms with Crippen molar-refractivity contribution in [2.24, 2.45) is 4.99 Å². The maximum atomic E-state index is 6.05. The molecule has 1 N–H and O–H groups in total. The first-order valence-corrected chi connectivity index (χ1v) is 8.64. The maximum absolute atomic E-state index is 6.05. The first-order chi connectivity index (χ1) is 11.3. The summed E-state index contributed by atoms with van der Waals surface area (Å²) in [6.45, 7) is 3.70. The van der Waals surface area contributed by atoms with Crippen LogP contribution < -0.4 is 10.1 Å². The highest BCUT2D eigenvalue weighted by atomic mass is 127. The molecule has 2 aliphatic heterocycles. The van der Waals surface area contributed by atoms with Gasteiger partial charge in [-0.05, 0) is 25.0 Å². The SMILES string of the molecule is CN=C(NCC1CCCO1)N1CCC(Oc2ccccc2)CC1.I. The zero-order chi connectivity index (χ0) is 15.9. The van der Waals surface area contributed by atoms with Crippen molar-refractivity contribution in [1.29, 1.82) is 0 Å². The van der Waals surface area contributed by atoms with Gasteiger partial charge in [-0.3, -0.25) is 4.99 Å². The van der Waals surface area contributed by atoms with E-state index in [1.165, 1.54) is 6.42 Å². The zero-order valence-corrected chi connectivity index (χ0v) is 16.6. The van der Waals surface area contributed by atoms with Crippen molar-refractivity contribution in [1.82, 2.24) is 10.2 Å². The van der Waals surface area contributed by atoms with Gasteiger partial charge in [0.1, 0.15) is 11.9 Å². The summed E-state index contributed by atoms with van der Waals surface area (Å²) in [6, 6.07) is 10.1. The van der Waals surface area contributed by atoms with Crippen molar-refractivity contribution in [3.8, 4) is 5.75 Å². The monoisotopic (exact) mass is 445 g/mol. The van der Waals surface area contributed by atoms with Crippen LogP contribution in [0.1, 0.15) is 25.7 Å². The van der Waals surface area contributed by atoms with Gasteiger partial charge < -0.3 is 19.7 Å². The van der Waals surface area contributed by atoms with Gasteiger partial charge in [0.25, 0.3) is 0 Å². The number of aliphatic imine (C=N–C) groups is 1. The minimum absolute atomic E-state index is 0. The van der Waals surface area contributed by atoms with Crippen LogP contribution in [0.4, 0.5) is 0 Å². The van der Waals surface area contributed by atoms with E-state index in [0.29, 0.717) is 12.2 Å². The Labute approximate surface area is 161 Å². The molecule has 2 heterocycles. The fourth-order valence-electron chi connectivity index (χ4n) is 3.22. The molecule has 0 aliphatic carbocycles. The molecule has 0 saturated carbocycles. The maximum Gasteiger partial charge on any atom is 0.193 e. The number of nitrogens with zero attached hydrogens (tertiary/aromatic N) is 2. The Hall–Kier alpha value is -1.02. The second-order valence-electron chi connectivity index (χ2n) is 6.18. The van der Waals surface area contributed by atoms with E-state index in [0.717, 1.165) is 57.2 Å². The molecule has 1 aromatic carbocycles. The molecule has 134 valence electrons. The summed E-state index contributed by atoms with van der Waals surface area (Å²) < 4.78 is 11.7. The van der Waals surface area contributed by atoms with Crippen LogP contribution in [0.5, 0.6) is 5.75 Å². The molecule has 5 nitrogen and oxygen atoms in total. The summed E-state index contributed by atoms with van der Waals surface area (Å²) in [6.07, 6.45) is 5.01. The van der Waals surface area contributed by atoms with Gasteiger partial charge in [0.15, 0.2) is 5.96 Å². The van der Waals surface area contributed by atoms with E-state index in [1.807, 2.05) is 37.4 Å². The quantitative estimate of drug-likeness (QED) is 0.440. The number of nitrogens with one attached hydrogen (secondary N) is 1. The number of hydrogen-bond acceptors (Lipinski definition) is 3. The lowest BCUT2D eigenvalue weighted by atomic mass is 10.1. The number of para-hydroxylation sites is 1. The van der Waals surface area contributed by atoms with E-state index < -0.39 is 0 Å². The fraction of sp³-hybridized carbons (Fsp3) is 0.611. The Morgan fingerprint density at radius 1 is 1.25 bits per heavy atom. The number of hydrogen-bond donors (Lipinski definition) is 1. The van der Waals surface area contributed by atoms with E-state index in [1.54, 1.807) is 0 Å². The van der Waals surface area contributed by atoms with Gasteiger partial charge in [-0.15, -0.1) is 24.0 Å². The van der Waals surface area contributed by atoms with E-state index in [4.69, 9.17) is 9.47 Å². The van der Waals surface area contributed by atoms with Crippen LogP contribution in [0.25, 0.3) is 0 Å². The highest BCUT2D eigenvalue weighted by Gasteiger charge is 2.23. The summed E-state index contributed by atoms with van der Waals surface area (Å²) in [5, 5.41) is 3.46. The normalized spacial score (nSPS) is 22.1. The van der Waals surface area contributed by atoms with Crippen molar-refractivity contribution < 1.29 is 9.47 Å². The average Bonchev–Trinajstić information content (AvgIpc) is 3.11. The topological polar surface area (TPSA) is 46.1 Å². The highest BCUT2D eigenvalue weighted by Crippen LogP contribution is 2.19. The number of likely N-dealkylation sites (tertiary alicyclic amines) is 1. The fourth-order valence-corrected chi connectivity index (χ4v) is 3.22. The van der Waals surface area contributed by atoms with Crippen molar-refractivity contribution in [3.05, 3.63) is 30.3 Å². The smallest absolute Gasteiger partial charge is 0.193 e. The lowest BCUT2D eigenvalue weighted by Gasteiger charge is -2.34. The molecule has 24 heavy (non-hydrogen) atoms. The molecule has 3 rings (SSSR count). The zero-order valence-electron chi connectivity index (χ0n) is 14.3. The summed E-state index contributed by atoms with van der Waals surface area (Å²) in [5.41, 5.74) is 0. The Morgan fingerprint density at radius 2 is 2.00 bits per heavy atom. The molecular weight excluding hydrogens is 417 g/mol. The molecule has 2 aliphatic rings. The summed E-state index contributed by atoms with van der Waals surface area (Å²) >= 11 is 0. The molecule has 2 fully saturated rings. The summed E-state index contributed by atoms with van der Waals surface area (Å²) in [7, 11) is 1.85. The molecule has 1 unspecified atom stereocenters. The van der Waals surface area contributed by atoms with Crippen LogP contribution in [0.3, 0.4) is 0 Å². The Balaban J connectivity index is 0.00000208. The molecule has 0 amide bonds. The van der Waals surface area contributed by atoms with Crippen LogP contribution in [0.2, 0.25) is 0 Å². The van der Waals surface area contributed by atoms with Crippen LogP contribution in [0, 0.1) is 0 Å². The van der Waals surface area contributed by atoms with Crippen molar-refractivity contribution >= 4 is 29.9 Å². The van der Waals surface area contributed by atoms with Crippen molar-refractivity contribution in [2.45, 2.75) is 37.9 Å². The third-order valence-electron chi connectivity index (χ3n) is 4.51. The molecule has 0 spiro atoms. The number of piperidine rings is 1. The first kappa shape index (κ1) is 19.3. The van der Waals surface area contributed by atoms with E-state index in [-0.39, 0.29) is 24.0 Å². The predicted molar refractivity (Wildman–Crippen MR) is 107 cm³/mol. The third-order valence-corrected chi connectivity index (χ3v) is 4.51. The number of ether oxygens (including phenoxy) is 2. The summed E-state index contributed by atoms with van der Waals surface area (Å²) in [4.78, 5) is 6.74. The lowest BCUT2D eigenvalue weighted by Crippen LogP contribution is -2.48. The van der Waals surface area contributed by atoms with Crippen molar-refractivity contribution in [2.75, 3.05) is 33.3 Å². The molecule has 1 atom stereocenters. The highest BCUT2D eigenvalue weighted by molar-refractivity contribution is 14.0. The Kier molecular flexibility index (Phi) is 8.11. The van der Waals surface area contributed by atoms with Crippen LogP contribution in [0.15, 0.2) is 35.3 Å². The molecule has 0 bridgehead atoms. The Bertz CT molecular complexity index is 498. The molecular formula is C18H28IN3O2. The van der Waals surface area contributed by atoms with Gasteiger partial charge in [-0.25, -0.2) is 0 Å². The standard InChI is InChI=1S/C18H27N3O2.HI/c1-19-18(20-14-17-8-5-13-22-17)21-11-9-16(10-12-21)23-15-6-3-2-4-7-15;/h2-4,6-7,16-17H,5,8-14H2,1H3,(H,19,20);1H. The second-order valence-corrected chi connectivity index (χ2v) is 6.18. The van der Waals surface area contributed by atoms with Gasteiger partial charge in [-0.2, -0.15) is 0 Å². The molecule has 1 aromatic rings. The minimum Gasteiger partial charge on any atom is -0.490 e. The van der Waals surface area contributed by atoms with E-state index in [9.17, 15) is 0 Å². The minimum atomic E-state index is 0. The third kappa shape index (κ3) is 5.51. The lowest BCUT2D eigenvalue weighted by molar-refractivity contribution is 0.110. The average molecular weight is 445 g/mol. The van der Waals surface area contributed by atoms with Gasteiger partial charge in [0, 0.05) is 46.1 Å². The van der Waals surface area contributed by atoms with E-state index >= 15 is 0 Å². The van der Waals surface area contributed by atoms with Crippen molar-refractivity contribution in [3.63, 3.8) is 0 Å². The second kappa shape index (κ2) is 10.1. The number of halogens is 1. The van der Waals surface area contributed by atoms with Crippen LogP contribution in [-0.4, -0.2) is 56.4 Å². The molecule has 6 heteroatoms. The summed E-state index contributed by atoms with van der Waals surface area (Å²) in [5.74, 6) is 1.95. The van der Waals surface area contributed by atoms with Gasteiger partial charge in [0.2, 0.25) is 0 Å². The number of benzene rings is 1. The van der Waals surface area contributed by atoms with Gasteiger partial charge in [0.05, 0.1) is 6.10 Å². The first-order valence-electron chi connectivity index (χ1n) is 8.64. The van der Waals surface area contributed by atoms with Crippen LogP contribution in [-0.2, 0) is 4.74 Å². The largest absolute Gasteiger partial charge is 0.490 e. The van der Waals surface area contributed by atoms with Gasteiger partial charge >= 0.3 is 0 Å².